The van der Waals surface area contributed by atoms with Gasteiger partial charge >= 0.3 is 0 Å². The Hall–Kier alpha value is -14.0. The fourth-order valence-corrected chi connectivity index (χ4v) is 22.1. The normalized spacial score (nSPS) is 12.1. The van der Waals surface area contributed by atoms with Crippen LogP contribution < -0.4 is 30.2 Å². The molecule has 0 fully saturated rings. The van der Waals surface area contributed by atoms with Gasteiger partial charge in [-0.15, -0.1) is 34.0 Å². The first-order valence-corrected chi connectivity index (χ1v) is 44.6. The zero-order chi connectivity index (χ0) is 83.0. The third kappa shape index (κ3) is 12.8. The number of nitrogens with one attached hydrogen (secondary N) is 1. The van der Waals surface area contributed by atoms with Crippen LogP contribution in [-0.2, 0) is 6.42 Å². The zero-order valence-electron chi connectivity index (χ0n) is 67.3. The van der Waals surface area contributed by atoms with Gasteiger partial charge in [-0.3, -0.25) is 4.57 Å². The van der Waals surface area contributed by atoms with E-state index in [0.29, 0.717) is 0 Å². The lowest BCUT2D eigenvalue weighted by Gasteiger charge is -2.29. The maximum absolute atomic E-state index is 6.67. The van der Waals surface area contributed by atoms with Crippen molar-refractivity contribution >= 4 is 204 Å². The Morgan fingerprint density at radius 3 is 1.39 bits per heavy atom. The van der Waals surface area contributed by atoms with Crippen LogP contribution >= 0.6 is 65.9 Å². The lowest BCUT2D eigenvalue weighted by molar-refractivity contribution is 0.444. The van der Waals surface area contributed by atoms with Gasteiger partial charge in [0, 0.05) is 129 Å². The summed E-state index contributed by atoms with van der Waals surface area (Å²) in [6, 6.07) is 137. The summed E-state index contributed by atoms with van der Waals surface area (Å²) in [5.41, 5.74) is 28.8. The largest absolute Gasteiger partial charge is 0.453 e. The van der Waals surface area contributed by atoms with E-state index in [1.165, 1.54) is 138 Å². The third-order valence-corrected chi connectivity index (χ3v) is 27.9. The van der Waals surface area contributed by atoms with Crippen molar-refractivity contribution in [1.29, 1.82) is 0 Å². The fraction of sp³-hybridized carbons (Fsp3) is 0.00917. The molecule has 0 atom stereocenters. The molecule has 0 radical (unpaired) electrons. The predicted molar refractivity (Wildman–Crippen MR) is 525 cm³/mol. The van der Waals surface area contributed by atoms with Gasteiger partial charge in [-0.2, -0.15) is 0 Å². The summed E-state index contributed by atoms with van der Waals surface area (Å²) in [6.07, 6.45) is 0.898. The highest BCUT2D eigenvalue weighted by molar-refractivity contribution is 9.11. The van der Waals surface area contributed by atoms with Crippen molar-refractivity contribution < 1.29 is 17.2 Å². The van der Waals surface area contributed by atoms with Crippen molar-refractivity contribution in [2.75, 3.05) is 16.0 Å². The molecule has 122 heavy (non-hydrogen) atoms. The van der Waals surface area contributed by atoms with E-state index in [9.17, 15) is 0 Å². The molecule has 0 amide bonds. The Bertz CT molecular complexity index is 8120. The Morgan fingerprint density at radius 1 is 0.303 bits per heavy atom. The first kappa shape index (κ1) is 72.0. The summed E-state index contributed by atoms with van der Waals surface area (Å²) >= 11 is 12.8. The number of hydrogen-bond acceptors (Lipinski definition) is 9. The Balaban J connectivity index is 0.000000100. The van der Waals surface area contributed by atoms with Crippen molar-refractivity contribution in [2.45, 2.75) is 6.42 Å². The summed E-state index contributed by atoms with van der Waals surface area (Å²) in [5, 5.41) is 16.3. The van der Waals surface area contributed by atoms with Gasteiger partial charge in [-0.25, -0.2) is 0 Å². The Kier molecular flexibility index (Phi) is 17.9. The van der Waals surface area contributed by atoms with Gasteiger partial charge in [-0.05, 0) is 202 Å². The standard InChI is InChI=1S/C43H26N2OS.C24H17NS.C18H8BrNO2.C12H7BrS.C12H11N.H2/c1-2-9-26(10-3-1)27-11-6-14-30(24-27)44(31-19-22-39-34(25-31)32-15-4-5-18-38(32)47-39)35-20-21-37-43-40(35)33-16-7-12-28-23-29-13-8-17-36(46-37)42(29)45(43)41(28)33;1-2-7-17(8-3-1)18-9-6-10-19(15-18)25-20-13-14-24-22(16-20)21-11-4-5-12-23(21)26-24;19-10-7-8-14-18-15(10)9-3-1-4-11-16(9)20(18)17-12(21-11)5-2-6-13(17)22-14;13-8-5-6-12-10(7-8)9-3-1-2-4-11(9)14-12;13-12-8-4-7-11(9-12)10-5-2-1-3-6-10;/h1-22,24-25H,23H2;1-16,25H;1-8H;1-7H;1-9H,13H2;1H/i;;;;;1+2T. The number of nitrogen functional groups attached to an aromatic ring is 1. The molecule has 0 saturated heterocycles. The number of nitrogens with two attached hydrogens (primary N) is 1. The predicted octanol–water partition coefficient (Wildman–Crippen LogP) is 33.5. The minimum absolute atomic E-state index is 0.807. The average molecular weight is 1760 g/mol. The number of ether oxygens (including phenoxy) is 3. The summed E-state index contributed by atoms with van der Waals surface area (Å²) in [4.78, 5) is 2.45. The van der Waals surface area contributed by atoms with Gasteiger partial charge in [0.1, 0.15) is 5.69 Å². The first-order chi connectivity index (χ1) is 61.2. The number of nitrogens with zero attached hydrogens (tertiary/aromatic N) is 3. The van der Waals surface area contributed by atoms with Crippen LogP contribution in [-0.4, -0.2) is 9.13 Å². The highest BCUT2D eigenvalue weighted by Crippen LogP contribution is 2.57. The summed E-state index contributed by atoms with van der Waals surface area (Å²) in [7, 11) is 0. The van der Waals surface area contributed by atoms with Crippen molar-refractivity contribution in [3.63, 3.8) is 0 Å². The Labute approximate surface area is 734 Å². The number of aromatic nitrogens is 2. The number of hydrogen-bond donors (Lipinski definition) is 2. The van der Waals surface area contributed by atoms with Gasteiger partial charge in [-0.1, -0.05) is 262 Å². The van der Waals surface area contributed by atoms with Crippen molar-refractivity contribution in [3.8, 4) is 79.3 Å². The third-order valence-electron chi connectivity index (χ3n) is 23.3. The molecule has 4 aliphatic heterocycles. The molecule has 0 spiro atoms. The van der Waals surface area contributed by atoms with Crippen LogP contribution in [0.5, 0.6) is 34.5 Å². The number of para-hydroxylation sites is 4. The highest BCUT2D eigenvalue weighted by Gasteiger charge is 2.35. The molecule has 3 N–H and O–H groups in total. The SMILES string of the molecule is Brc1ccc2c3c1c1cccc4c1n3-c1c(cccc1O2)O4.Brc1ccc2sc3ccccc3c2c1.Nc1cccc(-c2ccccc2)c1.[3H][3H].c1ccc(-c2cccc(N(c3ccc4sc5ccccc5c4c3)c3ccc4c5c3c3cccc6c3n5-c3c(cccc3O4)C6)c2)cc1.c1ccc(-c2cccc(Nc3ccc4sc5ccccc5c4c3)c2)cc1. The maximum atomic E-state index is 6.67. The lowest BCUT2D eigenvalue weighted by Crippen LogP contribution is -2.13. The lowest BCUT2D eigenvalue weighted by atomic mass is 9.97. The minimum Gasteiger partial charge on any atom is -0.453 e. The molecule has 5 aromatic heterocycles. The summed E-state index contributed by atoms with van der Waals surface area (Å²) in [6.45, 7) is 0. The quantitative estimate of drug-likeness (QED) is 0.148. The maximum Gasteiger partial charge on any atom is 0.155 e. The van der Waals surface area contributed by atoms with E-state index in [4.69, 9.17) is 22.9 Å². The van der Waals surface area contributed by atoms with E-state index in [-0.39, 0.29) is 0 Å². The number of benzene rings is 18. The van der Waals surface area contributed by atoms with Crippen molar-refractivity contribution in [2.24, 2.45) is 0 Å². The van der Waals surface area contributed by atoms with Gasteiger partial charge in [0.15, 0.2) is 34.5 Å². The minimum atomic E-state index is 0.807. The molecule has 4 aliphatic rings. The van der Waals surface area contributed by atoms with Gasteiger partial charge in [0.25, 0.3) is 0 Å². The van der Waals surface area contributed by atoms with E-state index in [0.717, 1.165) is 106 Å². The summed E-state index contributed by atoms with van der Waals surface area (Å²) in [5.74, 6) is 5.26. The molecule has 27 rings (SSSR count). The molecule has 18 aromatic carbocycles. The van der Waals surface area contributed by atoms with Crippen LogP contribution in [0.4, 0.5) is 34.1 Å². The molecular weight excluding hydrogens is 1680 g/mol. The number of rotatable bonds is 8. The fourth-order valence-electron chi connectivity index (χ4n) is 18.0. The van der Waals surface area contributed by atoms with E-state index in [1.807, 2.05) is 119 Å². The monoisotopic (exact) mass is 1760 g/mol. The molecule has 9 heterocycles. The molecule has 0 aliphatic carbocycles. The molecular formula is C109H71Br2N5O3S3. The second-order valence-electron chi connectivity index (χ2n) is 30.7. The highest BCUT2D eigenvalue weighted by atomic mass is 79.9. The van der Waals surface area contributed by atoms with Crippen molar-refractivity contribution in [3.05, 3.63) is 408 Å². The van der Waals surface area contributed by atoms with E-state index < -0.39 is 0 Å². The van der Waals surface area contributed by atoms with Crippen LogP contribution in [0.1, 0.15) is 14.1 Å². The van der Waals surface area contributed by atoms with Gasteiger partial charge in [0.05, 0.1) is 33.4 Å². The molecule has 8 nitrogen and oxygen atoms in total. The van der Waals surface area contributed by atoms with Crippen LogP contribution in [0.25, 0.3) is 149 Å². The second-order valence-corrected chi connectivity index (χ2v) is 35.7. The zero-order valence-corrected chi connectivity index (χ0v) is 70.9. The first-order valence-electron chi connectivity index (χ1n) is 41.5. The van der Waals surface area contributed by atoms with Crippen LogP contribution in [0.2, 0.25) is 0 Å². The number of fused-ring (bicyclic) bond motifs is 11. The van der Waals surface area contributed by atoms with E-state index >= 15 is 0 Å². The number of thiophene rings is 3. The molecule has 582 valence electrons. The van der Waals surface area contributed by atoms with Gasteiger partial charge in [0.2, 0.25) is 0 Å². The molecule has 0 bridgehead atoms. The van der Waals surface area contributed by atoms with Crippen LogP contribution in [0, 0.1) is 0 Å². The second kappa shape index (κ2) is 30.3. The molecule has 0 unspecified atom stereocenters. The van der Waals surface area contributed by atoms with Crippen LogP contribution in [0.3, 0.4) is 0 Å². The summed E-state index contributed by atoms with van der Waals surface area (Å²) < 4.78 is 43.9. The molecule has 13 heteroatoms. The van der Waals surface area contributed by atoms with E-state index in [1.54, 1.807) is 0 Å². The smallest absolute Gasteiger partial charge is 0.155 e. The molecule has 0 saturated carbocycles. The Morgan fingerprint density at radius 2 is 0.738 bits per heavy atom. The van der Waals surface area contributed by atoms with Gasteiger partial charge < -0.3 is 34.7 Å². The number of anilines is 6. The van der Waals surface area contributed by atoms with Crippen molar-refractivity contribution in [1.82, 2.24) is 9.13 Å². The number of halogens is 2. The van der Waals surface area contributed by atoms with E-state index in [2.05, 4.69) is 355 Å². The van der Waals surface area contributed by atoms with Crippen LogP contribution in [0.15, 0.2) is 397 Å². The average Bonchev–Trinajstić information content (AvgIpc) is 1.53. The topological polar surface area (TPSA) is 78.8 Å². The molecule has 23 aromatic rings.